The van der Waals surface area contributed by atoms with E-state index in [-0.39, 0.29) is 0 Å². The topological polar surface area (TPSA) is 52.0 Å². The van der Waals surface area contributed by atoms with E-state index in [9.17, 15) is 0 Å². The monoisotopic (exact) mass is 244 g/mol. The summed E-state index contributed by atoms with van der Waals surface area (Å²) in [5.74, 6) is 0. The Bertz CT molecular complexity index is 697. The lowest BCUT2D eigenvalue weighted by Gasteiger charge is -1.96. The maximum Gasteiger partial charge on any atom is 0.201 e. The van der Waals surface area contributed by atoms with Gasteiger partial charge in [0, 0.05) is 10.4 Å². The lowest BCUT2D eigenvalue weighted by molar-refractivity contribution is 0.460. The molecule has 2 aromatic heterocycles. The van der Waals surface area contributed by atoms with Gasteiger partial charge in [0.15, 0.2) is 0 Å². The molecule has 0 bridgehead atoms. The molecular formula is C13H12N2OS. The fraction of sp³-hybridized carbons (Fsp3) is 0.154. The Kier molecular flexibility index (Phi) is 2.19. The number of anilines is 1. The van der Waals surface area contributed by atoms with Gasteiger partial charge < -0.3 is 10.3 Å². The minimum absolute atomic E-state index is 0.705. The molecule has 0 aliphatic carbocycles. The van der Waals surface area contributed by atoms with Crippen molar-refractivity contribution in [1.29, 1.82) is 0 Å². The zero-order valence-corrected chi connectivity index (χ0v) is 10.5. The number of nitrogens with two attached hydrogens (primary N) is 1. The molecule has 3 rings (SSSR count). The molecule has 0 aliphatic rings. The van der Waals surface area contributed by atoms with Crippen LogP contribution in [-0.2, 0) is 0 Å². The van der Waals surface area contributed by atoms with E-state index < -0.39 is 0 Å². The van der Waals surface area contributed by atoms with Crippen molar-refractivity contribution in [3.8, 4) is 11.3 Å². The number of nitrogens with zero attached hydrogens (tertiary/aromatic N) is 1. The smallest absolute Gasteiger partial charge is 0.201 e. The van der Waals surface area contributed by atoms with Crippen LogP contribution in [0.5, 0.6) is 0 Å². The molecule has 2 N–H and O–H groups in total. The van der Waals surface area contributed by atoms with Crippen molar-refractivity contribution >= 4 is 27.3 Å². The fourth-order valence-corrected chi connectivity index (χ4v) is 2.89. The molecule has 2 heterocycles. The zero-order chi connectivity index (χ0) is 12.0. The van der Waals surface area contributed by atoms with Crippen molar-refractivity contribution in [2.24, 2.45) is 0 Å². The highest BCUT2D eigenvalue weighted by molar-refractivity contribution is 7.20. The molecule has 0 amide bonds. The van der Waals surface area contributed by atoms with Crippen LogP contribution in [-0.4, -0.2) is 5.16 Å². The van der Waals surface area contributed by atoms with Gasteiger partial charge >= 0.3 is 0 Å². The standard InChI is InChI=1S/C13H12N2OS/c1-7-4-3-5-9(6-7)11-13-12(16-15-11)10(14)8(2)17-13/h3-6H,14H2,1-2H3. The van der Waals surface area contributed by atoms with Crippen LogP contribution < -0.4 is 5.73 Å². The first kappa shape index (κ1) is 10.4. The van der Waals surface area contributed by atoms with Crippen molar-refractivity contribution in [3.63, 3.8) is 0 Å². The van der Waals surface area contributed by atoms with E-state index in [2.05, 4.69) is 24.2 Å². The zero-order valence-electron chi connectivity index (χ0n) is 9.65. The number of aromatic nitrogens is 1. The Morgan fingerprint density at radius 3 is 2.88 bits per heavy atom. The van der Waals surface area contributed by atoms with Crippen molar-refractivity contribution in [1.82, 2.24) is 5.16 Å². The van der Waals surface area contributed by atoms with Crippen LogP contribution in [0.4, 0.5) is 5.69 Å². The number of fused-ring (bicyclic) bond motifs is 1. The minimum atomic E-state index is 0.705. The highest BCUT2D eigenvalue weighted by Crippen LogP contribution is 2.39. The predicted molar refractivity (Wildman–Crippen MR) is 71.2 cm³/mol. The second-order valence-corrected chi connectivity index (χ2v) is 5.36. The van der Waals surface area contributed by atoms with E-state index in [1.54, 1.807) is 11.3 Å². The summed E-state index contributed by atoms with van der Waals surface area (Å²) >= 11 is 1.63. The molecule has 0 unspecified atom stereocenters. The fourth-order valence-electron chi connectivity index (χ4n) is 1.89. The molecule has 3 aromatic rings. The Morgan fingerprint density at radius 1 is 1.29 bits per heavy atom. The molecular weight excluding hydrogens is 232 g/mol. The SMILES string of the molecule is Cc1cccc(-c2noc3c(N)c(C)sc23)c1. The molecule has 3 nitrogen and oxygen atoms in total. The van der Waals surface area contributed by atoms with Gasteiger partial charge in [0.1, 0.15) is 10.4 Å². The van der Waals surface area contributed by atoms with Crippen LogP contribution in [0, 0.1) is 13.8 Å². The molecule has 0 saturated carbocycles. The average Bonchev–Trinajstić information content (AvgIpc) is 2.82. The maximum absolute atomic E-state index is 5.94. The molecule has 0 spiro atoms. The Morgan fingerprint density at radius 2 is 2.12 bits per heavy atom. The summed E-state index contributed by atoms with van der Waals surface area (Å²) in [7, 11) is 0. The third-order valence-corrected chi connectivity index (χ3v) is 3.93. The maximum atomic E-state index is 5.94. The van der Waals surface area contributed by atoms with E-state index in [0.29, 0.717) is 11.3 Å². The number of benzene rings is 1. The Balaban J connectivity index is 2.27. The van der Waals surface area contributed by atoms with Crippen LogP contribution in [0.25, 0.3) is 21.5 Å². The van der Waals surface area contributed by atoms with Crippen molar-refractivity contribution in [2.75, 3.05) is 5.73 Å². The van der Waals surface area contributed by atoms with E-state index >= 15 is 0 Å². The number of aryl methyl sites for hydroxylation is 2. The molecule has 4 heteroatoms. The summed E-state index contributed by atoms with van der Waals surface area (Å²) < 4.78 is 6.36. The van der Waals surface area contributed by atoms with E-state index in [1.165, 1.54) is 5.56 Å². The highest BCUT2D eigenvalue weighted by atomic mass is 32.1. The minimum Gasteiger partial charge on any atom is -0.395 e. The van der Waals surface area contributed by atoms with Crippen LogP contribution in [0.1, 0.15) is 10.4 Å². The molecule has 17 heavy (non-hydrogen) atoms. The average molecular weight is 244 g/mol. The summed E-state index contributed by atoms with van der Waals surface area (Å²) in [4.78, 5) is 1.08. The molecule has 0 atom stereocenters. The predicted octanol–water partition coefficient (Wildman–Crippen LogP) is 3.76. The lowest BCUT2D eigenvalue weighted by Crippen LogP contribution is -1.81. The molecule has 1 aromatic carbocycles. The first-order valence-corrected chi connectivity index (χ1v) is 6.20. The Labute approximate surface area is 103 Å². The van der Waals surface area contributed by atoms with E-state index in [1.807, 2.05) is 19.1 Å². The van der Waals surface area contributed by atoms with E-state index in [0.717, 1.165) is 20.8 Å². The van der Waals surface area contributed by atoms with Crippen molar-refractivity contribution in [2.45, 2.75) is 13.8 Å². The highest BCUT2D eigenvalue weighted by Gasteiger charge is 2.17. The van der Waals surface area contributed by atoms with Crippen molar-refractivity contribution < 1.29 is 4.52 Å². The van der Waals surface area contributed by atoms with Gasteiger partial charge in [-0.1, -0.05) is 28.9 Å². The van der Waals surface area contributed by atoms with Gasteiger partial charge in [0.2, 0.25) is 5.58 Å². The largest absolute Gasteiger partial charge is 0.395 e. The first-order chi connectivity index (χ1) is 8.16. The second kappa shape index (κ2) is 3.60. The molecule has 0 aliphatic heterocycles. The lowest BCUT2D eigenvalue weighted by atomic mass is 10.1. The normalized spacial score (nSPS) is 11.2. The Hall–Kier alpha value is -1.81. The number of hydrogen-bond donors (Lipinski definition) is 1. The van der Waals surface area contributed by atoms with Gasteiger partial charge in [-0.05, 0) is 19.9 Å². The number of hydrogen-bond acceptors (Lipinski definition) is 4. The van der Waals surface area contributed by atoms with Crippen LogP contribution in [0.15, 0.2) is 28.8 Å². The third kappa shape index (κ3) is 1.52. The summed E-state index contributed by atoms with van der Waals surface area (Å²) in [6.45, 7) is 4.06. The third-order valence-electron chi connectivity index (χ3n) is 2.82. The van der Waals surface area contributed by atoms with Gasteiger partial charge in [0.05, 0.1) is 5.69 Å². The van der Waals surface area contributed by atoms with Crippen LogP contribution in [0.2, 0.25) is 0 Å². The van der Waals surface area contributed by atoms with Gasteiger partial charge in [-0.15, -0.1) is 11.3 Å². The van der Waals surface area contributed by atoms with Gasteiger partial charge in [0.25, 0.3) is 0 Å². The number of rotatable bonds is 1. The molecule has 0 radical (unpaired) electrons. The number of thiophene rings is 1. The van der Waals surface area contributed by atoms with Crippen molar-refractivity contribution in [3.05, 3.63) is 34.7 Å². The summed E-state index contributed by atoms with van der Waals surface area (Å²) in [5, 5.41) is 4.12. The van der Waals surface area contributed by atoms with Gasteiger partial charge in [-0.3, -0.25) is 0 Å². The van der Waals surface area contributed by atoms with Gasteiger partial charge in [-0.2, -0.15) is 0 Å². The quantitative estimate of drug-likeness (QED) is 0.709. The molecule has 0 fully saturated rings. The first-order valence-electron chi connectivity index (χ1n) is 5.38. The summed E-state index contributed by atoms with van der Waals surface area (Å²) in [5.41, 5.74) is 10.5. The summed E-state index contributed by atoms with van der Waals surface area (Å²) in [6.07, 6.45) is 0. The van der Waals surface area contributed by atoms with Crippen LogP contribution >= 0.6 is 11.3 Å². The van der Waals surface area contributed by atoms with Gasteiger partial charge in [-0.25, -0.2) is 0 Å². The number of nitrogen functional groups attached to an aromatic ring is 1. The second-order valence-electron chi connectivity index (χ2n) is 4.13. The molecule has 86 valence electrons. The van der Waals surface area contributed by atoms with E-state index in [4.69, 9.17) is 10.3 Å². The van der Waals surface area contributed by atoms with Crippen LogP contribution in [0.3, 0.4) is 0 Å². The summed E-state index contributed by atoms with van der Waals surface area (Å²) in [6, 6.07) is 8.22. The molecule has 0 saturated heterocycles.